The van der Waals surface area contributed by atoms with Crippen LogP contribution in [0.3, 0.4) is 0 Å². The summed E-state index contributed by atoms with van der Waals surface area (Å²) in [5.41, 5.74) is 0. The molecule has 0 fully saturated rings. The van der Waals surface area contributed by atoms with Crippen molar-refractivity contribution in [3.05, 3.63) is 0 Å². The van der Waals surface area contributed by atoms with E-state index >= 15 is 0 Å². The maximum absolute atomic E-state index is 5.25. The van der Waals surface area contributed by atoms with Crippen molar-refractivity contribution in [2.75, 3.05) is 0 Å². The fourth-order valence-corrected chi connectivity index (χ4v) is 0. The van der Waals surface area contributed by atoms with Gasteiger partial charge >= 0.3 is 33.3 Å². The summed E-state index contributed by atoms with van der Waals surface area (Å²) >= 11 is 0.757. The Kier molecular flexibility index (Phi) is 33.5. The van der Waals surface area contributed by atoms with Gasteiger partial charge in [0, 0.05) is 39.5 Å². The topological polar surface area (TPSA) is 0 Å². The van der Waals surface area contributed by atoms with Crippen molar-refractivity contribution in [2.45, 2.75) is 0 Å². The van der Waals surface area contributed by atoms with E-state index in [0.717, 1.165) is 13.1 Å². The standard InChI is InChI=1S/BH.2ClH.Cu.U/h3*1H;;/q;;;+2;/p-2/i1D;;;;. The normalized spacial score (nSPS) is 5.60. The minimum absolute atomic E-state index is 0. The third-order valence-corrected chi connectivity index (χ3v) is 0. The molecule has 5 heteroatoms. The molecule has 0 heterocycles. The molecule has 0 aliphatic heterocycles. The van der Waals surface area contributed by atoms with E-state index in [1.165, 1.54) is 0 Å². The summed E-state index contributed by atoms with van der Waals surface area (Å²) in [7, 11) is 13.1. The second-order valence-corrected chi connectivity index (χ2v) is 1.60. The minimum atomic E-state index is 0. The Morgan fingerprint density at radius 3 is 1.60 bits per heavy atom. The van der Waals surface area contributed by atoms with Crippen LogP contribution in [0.5, 0.6) is 0 Å². The molecule has 0 saturated heterocycles. The maximum Gasteiger partial charge on any atom is 0 e. The van der Waals surface area contributed by atoms with Gasteiger partial charge in [0.25, 0.3) is 0 Å². The molecule has 0 saturated carbocycles. The first-order chi connectivity index (χ1) is 2.41. The van der Waals surface area contributed by atoms with E-state index in [1.807, 2.05) is 0 Å². The van der Waals surface area contributed by atoms with Gasteiger partial charge in [-0.15, -0.1) is 0 Å². The van der Waals surface area contributed by atoms with Crippen LogP contribution in [0.2, 0.25) is 0 Å². The van der Waals surface area contributed by atoms with Crippen LogP contribution in [-0.4, -0.2) is 9.71 Å². The SMILES string of the molecule is [2H][B].[Cl][Cu][Cl].[U]. The number of hydrogen-bond donors (Lipinski definition) is 0. The number of rotatable bonds is 0. The Bertz CT molecular complexity index is 13.5. The molecule has 0 aromatic carbocycles. The van der Waals surface area contributed by atoms with Crippen molar-refractivity contribution in [3.8, 4) is 0 Å². The Labute approximate surface area is 73.3 Å². The summed E-state index contributed by atoms with van der Waals surface area (Å²) in [6.45, 7) is 0. The molecule has 5 heavy (non-hydrogen) atoms. The van der Waals surface area contributed by atoms with Gasteiger partial charge in [0.1, 0.15) is 0 Å². The van der Waals surface area contributed by atoms with Gasteiger partial charge in [0.05, 0.1) is 0 Å². The molecule has 0 nitrogen and oxygen atoms in total. The Morgan fingerprint density at radius 2 is 1.60 bits per heavy atom. The van der Waals surface area contributed by atoms with E-state index in [9.17, 15) is 0 Å². The van der Waals surface area contributed by atoms with Crippen LogP contribution < -0.4 is 0 Å². The fraction of sp³-hybridized carbons (Fsp3) is 0. The molecule has 0 bridgehead atoms. The second kappa shape index (κ2) is 16.4. The van der Waals surface area contributed by atoms with Crippen molar-refractivity contribution in [1.82, 2.24) is 0 Å². The van der Waals surface area contributed by atoms with Crippen molar-refractivity contribution in [2.24, 2.45) is 0 Å². The molecule has 0 aliphatic carbocycles. The molecule has 0 unspecified atom stereocenters. The van der Waals surface area contributed by atoms with Crippen LogP contribution in [-0.2, 0) is 13.1 Å². The molecule has 0 aromatic heterocycles. The summed E-state index contributed by atoms with van der Waals surface area (Å²) < 4.78 is 5.25. The first-order valence-electron chi connectivity index (χ1n) is 0.805. The molecule has 0 aromatic rings. The number of halogens is 2. The van der Waals surface area contributed by atoms with Gasteiger partial charge in [-0.3, -0.25) is 0 Å². The van der Waals surface area contributed by atoms with E-state index < -0.39 is 0 Å². The van der Waals surface area contributed by atoms with Crippen molar-refractivity contribution >= 4 is 28.6 Å². The molecule has 0 rings (SSSR count). The van der Waals surface area contributed by atoms with E-state index in [4.69, 9.17) is 1.34 Å². The molecular formula is HBCl2CuU. The van der Waals surface area contributed by atoms with E-state index in [-0.39, 0.29) is 31.1 Å². The quantitative estimate of drug-likeness (QED) is 0.540. The van der Waals surface area contributed by atoms with Crippen LogP contribution in [0.1, 0.15) is 0 Å². The van der Waals surface area contributed by atoms with Gasteiger partial charge in [-0.25, -0.2) is 0 Å². The van der Waals surface area contributed by atoms with Crippen molar-refractivity contribution in [1.29, 1.82) is 1.34 Å². The fourth-order valence-electron chi connectivity index (χ4n) is 0. The molecule has 33 valence electrons. The zero-order valence-electron chi connectivity index (χ0n) is 3.13. The van der Waals surface area contributed by atoms with Crippen molar-refractivity contribution in [3.63, 3.8) is 0 Å². The van der Waals surface area contributed by atoms with Crippen LogP contribution in [0, 0.1) is 31.1 Å². The van der Waals surface area contributed by atoms with E-state index in [1.54, 1.807) is 0 Å². The Balaban J connectivity index is -0.0000000275. The van der Waals surface area contributed by atoms with Crippen LogP contribution >= 0.6 is 20.2 Å². The predicted molar refractivity (Wildman–Crippen MR) is 18.9 cm³/mol. The molecule has 0 atom stereocenters. The largest absolute Gasteiger partial charge is 0 e. The van der Waals surface area contributed by atoms with Crippen LogP contribution in [0.15, 0.2) is 0 Å². The summed E-state index contributed by atoms with van der Waals surface area (Å²) in [5.74, 6) is 0. The van der Waals surface area contributed by atoms with Gasteiger partial charge in [0.2, 0.25) is 0 Å². The van der Waals surface area contributed by atoms with Gasteiger partial charge < -0.3 is 0 Å². The van der Waals surface area contributed by atoms with E-state index in [0.29, 0.717) is 0 Å². The molecular weight excluding hydrogens is 383 g/mol. The van der Waals surface area contributed by atoms with Crippen LogP contribution in [0.25, 0.3) is 0 Å². The summed E-state index contributed by atoms with van der Waals surface area (Å²) in [6, 6.07) is 0. The van der Waals surface area contributed by atoms with Gasteiger partial charge in [0.15, 0.2) is 0 Å². The zero-order chi connectivity index (χ0) is 4.71. The molecule has 0 N–H and O–H groups in total. The Hall–Kier alpha value is 2.22. The second-order valence-electron chi connectivity index (χ2n) is 0.0431. The van der Waals surface area contributed by atoms with E-state index in [2.05, 4.69) is 28.6 Å². The summed E-state index contributed by atoms with van der Waals surface area (Å²) in [4.78, 5) is 0. The number of hydrogen-bond acceptors (Lipinski definition) is 0. The minimum Gasteiger partial charge on any atom is 0 e. The zero-order valence-corrected chi connectivity index (χ0v) is 8.75. The van der Waals surface area contributed by atoms with Gasteiger partial charge in [-0.1, -0.05) is 0 Å². The average molecular weight is 385 g/mol. The Morgan fingerprint density at radius 1 is 1.60 bits per heavy atom. The average Bonchev–Trinajstić information content (AvgIpc) is 1.46. The predicted octanol–water partition coefficient (Wildman–Crippen LogP) is 0.728. The monoisotopic (exact) mass is 384 g/mol. The summed E-state index contributed by atoms with van der Waals surface area (Å²) in [6.07, 6.45) is 0. The molecule has 0 aliphatic rings. The van der Waals surface area contributed by atoms with Gasteiger partial charge in [-0.2, -0.15) is 0 Å². The summed E-state index contributed by atoms with van der Waals surface area (Å²) in [5, 5.41) is 0. The molecule has 2 radical (unpaired) electrons. The molecule has 0 amide bonds. The third kappa shape index (κ3) is 22.5. The first-order valence-corrected chi connectivity index (χ1v) is 2.82. The molecule has 0 spiro atoms. The first kappa shape index (κ1) is 10.2. The van der Waals surface area contributed by atoms with Gasteiger partial charge in [-0.05, 0) is 1.34 Å². The third-order valence-electron chi connectivity index (χ3n) is 0. The van der Waals surface area contributed by atoms with Crippen molar-refractivity contribution < 1.29 is 44.2 Å². The smallest absolute Gasteiger partial charge is 0 e. The maximum atomic E-state index is 5.25. The van der Waals surface area contributed by atoms with Crippen LogP contribution in [0.4, 0.5) is 0 Å².